The minimum Gasteiger partial charge on any atom is -0.489 e. The molecule has 1 aliphatic rings. The Labute approximate surface area is 217 Å². The van der Waals surface area contributed by atoms with Gasteiger partial charge in [-0.3, -0.25) is 4.79 Å². The van der Waals surface area contributed by atoms with Gasteiger partial charge in [0.15, 0.2) is 0 Å². The molecule has 0 spiro atoms. The Morgan fingerprint density at radius 3 is 2.16 bits per heavy atom. The highest BCUT2D eigenvalue weighted by molar-refractivity contribution is 7.99. The van der Waals surface area contributed by atoms with Gasteiger partial charge < -0.3 is 9.64 Å². The molecule has 38 heavy (non-hydrogen) atoms. The van der Waals surface area contributed by atoms with E-state index in [0.717, 1.165) is 23.4 Å². The summed E-state index contributed by atoms with van der Waals surface area (Å²) in [6, 6.07) is 18.5. The fourth-order valence-electron chi connectivity index (χ4n) is 4.06. The van der Waals surface area contributed by atoms with Gasteiger partial charge in [0.1, 0.15) is 12.4 Å². The molecule has 5 nitrogen and oxygen atoms in total. The molecule has 3 aromatic carbocycles. The molecule has 1 amide bonds. The number of alkyl halides is 6. The van der Waals surface area contributed by atoms with Gasteiger partial charge in [-0.2, -0.15) is 26.3 Å². The third-order valence-electron chi connectivity index (χ3n) is 6.03. The second-order valence-corrected chi connectivity index (χ2v) is 9.61. The van der Waals surface area contributed by atoms with Crippen LogP contribution < -0.4 is 9.64 Å². The van der Waals surface area contributed by atoms with Crippen molar-refractivity contribution in [1.29, 1.82) is 0 Å². The molecule has 3 aromatic rings. The number of fused-ring (bicyclic) bond motifs is 1. The Morgan fingerprint density at radius 1 is 0.895 bits per heavy atom. The number of ether oxygens (including phenoxy) is 1. The van der Waals surface area contributed by atoms with Crippen molar-refractivity contribution in [2.24, 2.45) is 5.18 Å². The first-order valence-corrected chi connectivity index (χ1v) is 12.3. The molecule has 0 atom stereocenters. The Balaban J connectivity index is 1.51. The molecule has 1 heterocycles. The van der Waals surface area contributed by atoms with Gasteiger partial charge in [0.25, 0.3) is 0 Å². The van der Waals surface area contributed by atoms with Gasteiger partial charge in [-0.1, -0.05) is 48.5 Å². The largest absolute Gasteiger partial charge is 0.489 e. The van der Waals surface area contributed by atoms with Crippen LogP contribution in [0.3, 0.4) is 0 Å². The average molecular weight is 555 g/mol. The van der Waals surface area contributed by atoms with E-state index in [1.807, 2.05) is 30.3 Å². The van der Waals surface area contributed by atoms with E-state index in [1.165, 1.54) is 10.1 Å². The van der Waals surface area contributed by atoms with Crippen molar-refractivity contribution in [2.45, 2.75) is 35.8 Å². The molecule has 4 rings (SSSR count). The number of rotatable bonds is 7. The van der Waals surface area contributed by atoms with Crippen molar-refractivity contribution in [3.63, 3.8) is 0 Å². The fourth-order valence-corrected chi connectivity index (χ4v) is 5.09. The second kappa shape index (κ2) is 10.7. The molecule has 200 valence electrons. The lowest BCUT2D eigenvalue weighted by Crippen LogP contribution is -2.52. The van der Waals surface area contributed by atoms with E-state index >= 15 is 0 Å². The number of nitroso groups, excluding NO2 is 1. The highest BCUT2D eigenvalue weighted by atomic mass is 32.2. The molecule has 1 aliphatic heterocycles. The summed E-state index contributed by atoms with van der Waals surface area (Å²) in [5, 5.41) is 1.53. The predicted molar refractivity (Wildman–Crippen MR) is 130 cm³/mol. The van der Waals surface area contributed by atoms with Gasteiger partial charge in [0.2, 0.25) is 5.91 Å². The first-order valence-electron chi connectivity index (χ1n) is 11.3. The highest BCUT2D eigenvalue weighted by Crippen LogP contribution is 2.54. The van der Waals surface area contributed by atoms with E-state index in [0.29, 0.717) is 30.1 Å². The fraction of sp³-hybridized carbons (Fsp3) is 0.269. The molecule has 0 radical (unpaired) electrons. The van der Waals surface area contributed by atoms with E-state index in [9.17, 15) is 36.0 Å². The number of thioether (sulfide) groups is 1. The summed E-state index contributed by atoms with van der Waals surface area (Å²) < 4.78 is 86.8. The third kappa shape index (κ3) is 5.35. The SMILES string of the molecule is O=NC(c1ccc2c(c1)SCCN2C(=O)Cc1ccc(OCc2ccccc2)cc1)(C(F)(F)F)C(F)(F)F. The van der Waals surface area contributed by atoms with Crippen LogP contribution >= 0.6 is 11.8 Å². The number of carbonyl (C=O) groups excluding carboxylic acids is 1. The molecule has 0 aliphatic carbocycles. The summed E-state index contributed by atoms with van der Waals surface area (Å²) >= 11 is 0.995. The molecule has 0 bridgehead atoms. The van der Waals surface area contributed by atoms with Crippen LogP contribution in [0.15, 0.2) is 82.9 Å². The topological polar surface area (TPSA) is 59.0 Å². The molecule has 0 saturated heterocycles. The van der Waals surface area contributed by atoms with Crippen LogP contribution in [0.1, 0.15) is 16.7 Å². The molecule has 0 fully saturated rings. The number of amides is 1. The van der Waals surface area contributed by atoms with Crippen molar-refractivity contribution in [1.82, 2.24) is 0 Å². The molecule has 0 unspecified atom stereocenters. The molecular formula is C26H20F6N2O3S. The number of carbonyl (C=O) groups is 1. The second-order valence-electron chi connectivity index (χ2n) is 8.47. The van der Waals surface area contributed by atoms with Gasteiger partial charge in [0.05, 0.1) is 12.1 Å². The van der Waals surface area contributed by atoms with Crippen LogP contribution in [0.25, 0.3) is 0 Å². The van der Waals surface area contributed by atoms with Gasteiger partial charge in [-0.05, 0) is 40.6 Å². The summed E-state index contributed by atoms with van der Waals surface area (Å²) in [5.74, 6) is 0.455. The maximum absolute atomic E-state index is 13.5. The summed E-state index contributed by atoms with van der Waals surface area (Å²) in [7, 11) is 0. The lowest BCUT2D eigenvalue weighted by molar-refractivity contribution is -0.301. The van der Waals surface area contributed by atoms with Crippen LogP contribution in [-0.2, 0) is 23.4 Å². The smallest absolute Gasteiger partial charge is 0.430 e. The lowest BCUT2D eigenvalue weighted by atomic mass is 9.89. The van der Waals surface area contributed by atoms with Crippen molar-refractivity contribution in [2.75, 3.05) is 17.2 Å². The van der Waals surface area contributed by atoms with Gasteiger partial charge >= 0.3 is 17.9 Å². The predicted octanol–water partition coefficient (Wildman–Crippen LogP) is 7.03. The Hall–Kier alpha value is -3.54. The molecule has 12 heteroatoms. The first kappa shape index (κ1) is 27.5. The zero-order valence-electron chi connectivity index (χ0n) is 19.6. The van der Waals surface area contributed by atoms with Gasteiger partial charge in [0, 0.05) is 22.8 Å². The minimum absolute atomic E-state index is 0.0216. The highest BCUT2D eigenvalue weighted by Gasteiger charge is 2.74. The van der Waals surface area contributed by atoms with Crippen LogP contribution in [0.4, 0.5) is 32.0 Å². The monoisotopic (exact) mass is 554 g/mol. The van der Waals surface area contributed by atoms with E-state index in [-0.39, 0.29) is 35.2 Å². The van der Waals surface area contributed by atoms with Crippen molar-refractivity contribution in [3.05, 3.63) is 94.4 Å². The Kier molecular flexibility index (Phi) is 7.73. The summed E-state index contributed by atoms with van der Waals surface area (Å²) in [6.07, 6.45) is -12.1. The summed E-state index contributed by atoms with van der Waals surface area (Å²) in [6.45, 7) is 0.580. The van der Waals surface area contributed by atoms with E-state index in [4.69, 9.17) is 4.74 Å². The normalized spacial score (nSPS) is 14.1. The van der Waals surface area contributed by atoms with E-state index in [1.54, 1.807) is 24.3 Å². The molecule has 0 saturated carbocycles. The Bertz CT molecular complexity index is 1280. The maximum Gasteiger partial charge on any atom is 0.430 e. The van der Waals surface area contributed by atoms with Gasteiger partial charge in [-0.15, -0.1) is 16.7 Å². The standard InChI is InChI=1S/C26H20F6N2O3S/c27-25(28,29)24(33-36,26(30,31)32)19-8-11-21-22(15-19)38-13-12-34(21)23(35)14-17-6-9-20(10-7-17)37-16-18-4-2-1-3-5-18/h1-11,15H,12-14,16H2. The zero-order valence-corrected chi connectivity index (χ0v) is 20.4. The Morgan fingerprint density at radius 2 is 1.55 bits per heavy atom. The van der Waals surface area contributed by atoms with Crippen LogP contribution in [0.5, 0.6) is 5.75 Å². The minimum atomic E-state index is -6.01. The summed E-state index contributed by atoms with van der Waals surface area (Å²) in [5.41, 5.74) is -4.45. The van der Waals surface area contributed by atoms with Crippen molar-refractivity contribution in [3.8, 4) is 5.75 Å². The van der Waals surface area contributed by atoms with E-state index in [2.05, 4.69) is 0 Å². The molecular weight excluding hydrogens is 534 g/mol. The number of benzene rings is 3. The quantitative estimate of drug-likeness (QED) is 0.232. The zero-order chi connectivity index (χ0) is 27.6. The number of nitrogens with zero attached hydrogens (tertiary/aromatic N) is 2. The first-order chi connectivity index (χ1) is 18.0. The van der Waals surface area contributed by atoms with Crippen molar-refractivity contribution < 1.29 is 35.9 Å². The lowest BCUT2D eigenvalue weighted by Gasteiger charge is -2.33. The van der Waals surface area contributed by atoms with Crippen LogP contribution in [0.2, 0.25) is 0 Å². The number of anilines is 1. The molecule has 0 aromatic heterocycles. The van der Waals surface area contributed by atoms with Gasteiger partial charge in [-0.25, -0.2) is 0 Å². The maximum atomic E-state index is 13.5. The number of hydrogen-bond donors (Lipinski definition) is 0. The number of halogens is 6. The average Bonchev–Trinajstić information content (AvgIpc) is 2.87. The van der Waals surface area contributed by atoms with Crippen LogP contribution in [0, 0.1) is 4.91 Å². The molecule has 0 N–H and O–H groups in total. The number of hydrogen-bond acceptors (Lipinski definition) is 5. The van der Waals surface area contributed by atoms with Crippen molar-refractivity contribution >= 4 is 23.4 Å². The third-order valence-corrected chi connectivity index (χ3v) is 7.05. The van der Waals surface area contributed by atoms with Crippen LogP contribution in [-0.4, -0.2) is 30.6 Å². The van der Waals surface area contributed by atoms with E-state index < -0.39 is 23.5 Å². The summed E-state index contributed by atoms with van der Waals surface area (Å²) in [4.78, 5) is 25.4.